The lowest BCUT2D eigenvalue weighted by molar-refractivity contribution is 0.102. The normalized spacial score (nSPS) is 10.1. The Kier molecular flexibility index (Phi) is 2.72. The summed E-state index contributed by atoms with van der Waals surface area (Å²) >= 11 is 0. The molecule has 0 spiro atoms. The minimum atomic E-state index is -0.212. The summed E-state index contributed by atoms with van der Waals surface area (Å²) < 4.78 is 4.94. The van der Waals surface area contributed by atoms with Crippen LogP contribution in [0, 0.1) is 19.9 Å². The van der Waals surface area contributed by atoms with Crippen molar-refractivity contribution in [2.75, 3.05) is 5.32 Å². The zero-order valence-corrected chi connectivity index (χ0v) is 9.07. The van der Waals surface area contributed by atoms with Crippen LogP contribution >= 0.6 is 0 Å². The standard InChI is InChI=1S/C12H11N2O2/c1-8-11(9(2)16-14-8)12(15)13-10-6-4-3-5-7-10/h3-4,6-7H,1-2H3,(H,13,15). The maximum absolute atomic E-state index is 11.9. The molecule has 0 bridgehead atoms. The summed E-state index contributed by atoms with van der Waals surface area (Å²) in [6, 6.07) is 9.97. The monoisotopic (exact) mass is 215 g/mol. The van der Waals surface area contributed by atoms with E-state index in [2.05, 4.69) is 16.5 Å². The van der Waals surface area contributed by atoms with Crippen LogP contribution in [0.3, 0.4) is 0 Å². The number of hydrogen-bond acceptors (Lipinski definition) is 3. The molecule has 4 heteroatoms. The Morgan fingerprint density at radius 1 is 1.50 bits per heavy atom. The van der Waals surface area contributed by atoms with Gasteiger partial charge in [-0.2, -0.15) is 0 Å². The molecule has 16 heavy (non-hydrogen) atoms. The van der Waals surface area contributed by atoms with Crippen molar-refractivity contribution in [2.45, 2.75) is 13.8 Å². The zero-order valence-electron chi connectivity index (χ0n) is 9.07. The third kappa shape index (κ3) is 1.95. The number of rotatable bonds is 2. The highest BCUT2D eigenvalue weighted by molar-refractivity contribution is 6.05. The lowest BCUT2D eigenvalue weighted by Crippen LogP contribution is -2.13. The molecule has 0 saturated heterocycles. The first-order valence-corrected chi connectivity index (χ1v) is 4.89. The Labute approximate surface area is 93.3 Å². The van der Waals surface area contributed by atoms with Gasteiger partial charge in [-0.1, -0.05) is 17.3 Å². The van der Waals surface area contributed by atoms with Crippen LogP contribution in [0.1, 0.15) is 21.8 Å². The summed E-state index contributed by atoms with van der Waals surface area (Å²) in [6.45, 7) is 3.45. The summed E-state index contributed by atoms with van der Waals surface area (Å²) in [5, 5.41) is 6.49. The van der Waals surface area contributed by atoms with Crippen LogP contribution < -0.4 is 5.32 Å². The van der Waals surface area contributed by atoms with Gasteiger partial charge in [-0.05, 0) is 32.0 Å². The van der Waals surface area contributed by atoms with Crippen molar-refractivity contribution in [3.63, 3.8) is 0 Å². The molecule has 0 unspecified atom stereocenters. The van der Waals surface area contributed by atoms with Gasteiger partial charge in [0.25, 0.3) is 5.91 Å². The zero-order chi connectivity index (χ0) is 11.5. The second-order valence-corrected chi connectivity index (χ2v) is 3.45. The number of amides is 1. The number of carbonyl (C=O) groups excluding carboxylic acids is 1. The van der Waals surface area contributed by atoms with Crippen molar-refractivity contribution in [2.24, 2.45) is 0 Å². The molecule has 0 saturated carbocycles. The molecule has 1 radical (unpaired) electrons. The summed E-state index contributed by atoms with van der Waals surface area (Å²) in [6.07, 6.45) is 0. The van der Waals surface area contributed by atoms with Gasteiger partial charge in [-0.25, -0.2) is 0 Å². The average molecular weight is 215 g/mol. The molecular weight excluding hydrogens is 204 g/mol. The minimum absolute atomic E-state index is 0.212. The highest BCUT2D eigenvalue weighted by Gasteiger charge is 2.17. The lowest BCUT2D eigenvalue weighted by atomic mass is 10.2. The molecule has 1 N–H and O–H groups in total. The SMILES string of the molecule is Cc1noc(C)c1C(=O)Nc1c[c]ccc1. The fourth-order valence-corrected chi connectivity index (χ4v) is 1.47. The van der Waals surface area contributed by atoms with E-state index in [1.54, 1.807) is 32.0 Å². The van der Waals surface area contributed by atoms with E-state index in [1.165, 1.54) is 0 Å². The number of benzene rings is 1. The third-order valence-corrected chi connectivity index (χ3v) is 2.23. The first kappa shape index (κ1) is 10.4. The van der Waals surface area contributed by atoms with Gasteiger partial charge in [-0.15, -0.1) is 0 Å². The molecular formula is C12H11N2O2. The van der Waals surface area contributed by atoms with Crippen molar-refractivity contribution in [1.29, 1.82) is 0 Å². The summed E-state index contributed by atoms with van der Waals surface area (Å²) in [7, 11) is 0. The van der Waals surface area contributed by atoms with Gasteiger partial charge in [0.05, 0.1) is 5.69 Å². The number of nitrogens with zero attached hydrogens (tertiary/aromatic N) is 1. The summed E-state index contributed by atoms with van der Waals surface area (Å²) in [5.41, 5.74) is 1.78. The van der Waals surface area contributed by atoms with Crippen molar-refractivity contribution >= 4 is 11.6 Å². The van der Waals surface area contributed by atoms with Crippen LogP contribution in [0.5, 0.6) is 0 Å². The molecule has 0 aliphatic rings. The van der Waals surface area contributed by atoms with E-state index >= 15 is 0 Å². The Morgan fingerprint density at radius 2 is 2.31 bits per heavy atom. The van der Waals surface area contributed by atoms with Crippen LogP contribution in [0.4, 0.5) is 5.69 Å². The minimum Gasteiger partial charge on any atom is -0.361 e. The maximum atomic E-state index is 11.9. The summed E-state index contributed by atoms with van der Waals surface area (Å²) in [4.78, 5) is 11.9. The van der Waals surface area contributed by atoms with Crippen LogP contribution in [0.15, 0.2) is 28.8 Å². The lowest BCUT2D eigenvalue weighted by Gasteiger charge is -2.03. The molecule has 4 nitrogen and oxygen atoms in total. The van der Waals surface area contributed by atoms with Gasteiger partial charge in [0.1, 0.15) is 11.3 Å². The van der Waals surface area contributed by atoms with Gasteiger partial charge >= 0.3 is 0 Å². The molecule has 0 fully saturated rings. The van der Waals surface area contributed by atoms with Gasteiger partial charge in [0.15, 0.2) is 0 Å². The number of nitrogens with one attached hydrogen (secondary N) is 1. The number of aryl methyl sites for hydroxylation is 2. The molecule has 0 aliphatic heterocycles. The molecule has 81 valence electrons. The Hall–Kier alpha value is -2.10. The summed E-state index contributed by atoms with van der Waals surface area (Å²) in [5.74, 6) is 0.311. The highest BCUT2D eigenvalue weighted by atomic mass is 16.5. The molecule has 1 amide bonds. The van der Waals surface area contributed by atoms with Crippen molar-refractivity contribution in [3.8, 4) is 0 Å². The number of anilines is 1. The molecule has 2 aromatic rings. The second kappa shape index (κ2) is 4.18. The van der Waals surface area contributed by atoms with Crippen LogP contribution in [0.25, 0.3) is 0 Å². The van der Waals surface area contributed by atoms with Gasteiger partial charge in [0.2, 0.25) is 0 Å². The molecule has 1 aromatic heterocycles. The van der Waals surface area contributed by atoms with E-state index in [0.717, 1.165) is 0 Å². The molecule has 1 heterocycles. The van der Waals surface area contributed by atoms with Crippen molar-refractivity contribution in [1.82, 2.24) is 5.16 Å². The Bertz CT molecular complexity index is 483. The fourth-order valence-electron chi connectivity index (χ4n) is 1.47. The quantitative estimate of drug-likeness (QED) is 0.836. The highest BCUT2D eigenvalue weighted by Crippen LogP contribution is 2.14. The molecule has 2 rings (SSSR count). The van der Waals surface area contributed by atoms with E-state index < -0.39 is 0 Å². The maximum Gasteiger partial charge on any atom is 0.261 e. The Morgan fingerprint density at radius 3 is 2.88 bits per heavy atom. The van der Waals surface area contributed by atoms with Crippen LogP contribution in [-0.2, 0) is 0 Å². The van der Waals surface area contributed by atoms with E-state index in [0.29, 0.717) is 22.7 Å². The fraction of sp³-hybridized carbons (Fsp3) is 0.167. The first-order chi connectivity index (χ1) is 7.68. The van der Waals surface area contributed by atoms with E-state index in [9.17, 15) is 4.79 Å². The van der Waals surface area contributed by atoms with Crippen LogP contribution in [-0.4, -0.2) is 11.1 Å². The largest absolute Gasteiger partial charge is 0.361 e. The first-order valence-electron chi connectivity index (χ1n) is 4.89. The number of carbonyl (C=O) groups is 1. The predicted molar refractivity (Wildman–Crippen MR) is 59.2 cm³/mol. The third-order valence-electron chi connectivity index (χ3n) is 2.23. The number of aromatic nitrogens is 1. The predicted octanol–water partition coefficient (Wildman–Crippen LogP) is 2.34. The topological polar surface area (TPSA) is 55.1 Å². The van der Waals surface area contributed by atoms with Gasteiger partial charge < -0.3 is 9.84 Å². The number of hydrogen-bond donors (Lipinski definition) is 1. The van der Waals surface area contributed by atoms with Crippen molar-refractivity contribution in [3.05, 3.63) is 47.3 Å². The average Bonchev–Trinajstić information content (AvgIpc) is 2.60. The Balaban J connectivity index is 2.22. The molecule has 0 aliphatic carbocycles. The van der Waals surface area contributed by atoms with E-state index in [4.69, 9.17) is 4.52 Å². The van der Waals surface area contributed by atoms with Gasteiger partial charge in [-0.3, -0.25) is 4.79 Å². The molecule has 1 aromatic carbocycles. The van der Waals surface area contributed by atoms with Crippen molar-refractivity contribution < 1.29 is 9.32 Å². The smallest absolute Gasteiger partial charge is 0.261 e. The van der Waals surface area contributed by atoms with E-state index in [1.807, 2.05) is 6.07 Å². The van der Waals surface area contributed by atoms with E-state index in [-0.39, 0.29) is 5.91 Å². The van der Waals surface area contributed by atoms with Crippen LogP contribution in [0.2, 0.25) is 0 Å². The second-order valence-electron chi connectivity index (χ2n) is 3.45. The van der Waals surface area contributed by atoms with Gasteiger partial charge in [0, 0.05) is 5.69 Å². The molecule has 0 atom stereocenters.